The van der Waals surface area contributed by atoms with Crippen molar-refractivity contribution >= 4 is 28.5 Å². The van der Waals surface area contributed by atoms with Crippen LogP contribution in [0, 0.1) is 6.92 Å². The van der Waals surface area contributed by atoms with Crippen LogP contribution >= 0.6 is 11.6 Å². The van der Waals surface area contributed by atoms with E-state index in [0.717, 1.165) is 37.4 Å². The Labute approximate surface area is 152 Å². The number of imidazole rings is 1. The monoisotopic (exact) mass is 364 g/mol. The molecule has 0 radical (unpaired) electrons. The molecule has 1 aromatic carbocycles. The zero-order valence-corrected chi connectivity index (χ0v) is 15.8. The first-order valence-corrected chi connectivity index (χ1v) is 9.12. The highest BCUT2D eigenvalue weighted by molar-refractivity contribution is 6.36. The number of primary amides is 1. The fourth-order valence-electron chi connectivity index (χ4n) is 3.85. The number of aromatic nitrogens is 2. The van der Waals surface area contributed by atoms with Gasteiger partial charge in [0, 0.05) is 12.6 Å². The molecule has 2 aromatic rings. The van der Waals surface area contributed by atoms with Gasteiger partial charge in [-0.2, -0.15) is 0 Å². The molecule has 1 aliphatic heterocycles. The summed E-state index contributed by atoms with van der Waals surface area (Å²) in [5.41, 5.74) is 7.17. The maximum absolute atomic E-state index is 11.7. The number of hydrogen-bond donors (Lipinski definition) is 1. The molecule has 2 N–H and O–H groups in total. The Bertz CT molecular complexity index is 802. The first-order chi connectivity index (χ1) is 12.0. The average molecular weight is 365 g/mol. The van der Waals surface area contributed by atoms with Gasteiger partial charge in [0.1, 0.15) is 11.3 Å². The van der Waals surface area contributed by atoms with Crippen LogP contribution in [0.5, 0.6) is 5.75 Å². The summed E-state index contributed by atoms with van der Waals surface area (Å²) in [7, 11) is 1.52. The second kappa shape index (κ2) is 7.22. The minimum absolute atomic E-state index is 0.265. The predicted molar refractivity (Wildman–Crippen MR) is 99.6 cm³/mol. The molecule has 6 nitrogen and oxygen atoms in total. The summed E-state index contributed by atoms with van der Waals surface area (Å²) >= 11 is 6.55. The van der Waals surface area contributed by atoms with Crippen LogP contribution in [0.3, 0.4) is 0 Å². The highest BCUT2D eigenvalue weighted by Gasteiger charge is 2.26. The largest absolute Gasteiger partial charge is 0.494 e. The third-order valence-electron chi connectivity index (χ3n) is 5.06. The number of halogens is 1. The van der Waals surface area contributed by atoms with E-state index in [1.807, 2.05) is 6.92 Å². The van der Waals surface area contributed by atoms with E-state index >= 15 is 0 Å². The molecule has 25 heavy (non-hydrogen) atoms. The molecule has 1 aromatic heterocycles. The summed E-state index contributed by atoms with van der Waals surface area (Å²) in [5, 5.41) is 0.484. The minimum atomic E-state index is -0.570. The molecule has 1 aliphatic rings. The number of ether oxygens (including phenoxy) is 1. The Morgan fingerprint density at radius 1 is 1.48 bits per heavy atom. The molecule has 0 bridgehead atoms. The van der Waals surface area contributed by atoms with Crippen molar-refractivity contribution in [2.75, 3.05) is 26.7 Å². The number of amides is 1. The second-order valence-electron chi connectivity index (χ2n) is 6.57. The van der Waals surface area contributed by atoms with Crippen LogP contribution in [0.15, 0.2) is 6.07 Å². The number of carbonyl (C=O) groups is 1. The summed E-state index contributed by atoms with van der Waals surface area (Å²) in [6, 6.07) is 1.89. The summed E-state index contributed by atoms with van der Waals surface area (Å²) in [6.07, 6.45) is 3.46. The third-order valence-corrected chi connectivity index (χ3v) is 5.35. The Morgan fingerprint density at radius 3 is 2.88 bits per heavy atom. The Balaban J connectivity index is 2.19. The van der Waals surface area contributed by atoms with E-state index in [2.05, 4.69) is 21.4 Å². The van der Waals surface area contributed by atoms with Crippen molar-refractivity contribution in [3.63, 3.8) is 0 Å². The van der Waals surface area contributed by atoms with E-state index in [9.17, 15) is 4.79 Å². The number of rotatable bonds is 4. The van der Waals surface area contributed by atoms with E-state index in [0.29, 0.717) is 22.3 Å². The number of likely N-dealkylation sites (N-methyl/N-ethyl adjacent to an activating group) is 1. The summed E-state index contributed by atoms with van der Waals surface area (Å²) in [4.78, 5) is 18.9. The molecule has 0 saturated carbocycles. The van der Waals surface area contributed by atoms with Crippen molar-refractivity contribution in [3.8, 4) is 5.75 Å². The number of carbonyl (C=O) groups excluding carboxylic acids is 1. The lowest BCUT2D eigenvalue weighted by Gasteiger charge is -2.25. The Morgan fingerprint density at radius 2 is 2.24 bits per heavy atom. The van der Waals surface area contributed by atoms with Gasteiger partial charge in [0.2, 0.25) is 0 Å². The van der Waals surface area contributed by atoms with E-state index in [1.165, 1.54) is 20.0 Å². The number of nitrogens with two attached hydrogens (primary N) is 1. The van der Waals surface area contributed by atoms with Crippen molar-refractivity contribution < 1.29 is 9.53 Å². The molecule has 0 aliphatic carbocycles. The zero-order valence-electron chi connectivity index (χ0n) is 15.0. The maximum Gasteiger partial charge on any atom is 0.252 e. The highest BCUT2D eigenvalue weighted by Crippen LogP contribution is 2.38. The number of benzene rings is 1. The van der Waals surface area contributed by atoms with Crippen LogP contribution in [-0.4, -0.2) is 47.1 Å². The van der Waals surface area contributed by atoms with Crippen molar-refractivity contribution in [2.24, 2.45) is 5.73 Å². The van der Waals surface area contributed by atoms with Crippen molar-refractivity contribution in [2.45, 2.75) is 39.2 Å². The lowest BCUT2D eigenvalue weighted by Crippen LogP contribution is -2.30. The van der Waals surface area contributed by atoms with Crippen molar-refractivity contribution in [1.29, 1.82) is 0 Å². The van der Waals surface area contributed by atoms with Crippen LogP contribution in [0.1, 0.15) is 48.4 Å². The first kappa shape index (κ1) is 18.0. The molecule has 1 saturated heterocycles. The van der Waals surface area contributed by atoms with Gasteiger partial charge in [0.25, 0.3) is 5.91 Å². The lowest BCUT2D eigenvalue weighted by atomic mass is 10.1. The number of methoxy groups -OCH3 is 1. The highest BCUT2D eigenvalue weighted by atomic mass is 35.5. The third kappa shape index (κ3) is 3.20. The number of fused-ring (bicyclic) bond motifs is 1. The predicted octanol–water partition coefficient (Wildman–Crippen LogP) is 3.15. The number of hydrogen-bond acceptors (Lipinski definition) is 4. The molecule has 1 amide bonds. The minimum Gasteiger partial charge on any atom is -0.494 e. The molecule has 1 fully saturated rings. The normalized spacial score (nSPS) is 19.1. The zero-order chi connectivity index (χ0) is 18.1. The van der Waals surface area contributed by atoms with Gasteiger partial charge < -0.3 is 19.9 Å². The lowest BCUT2D eigenvalue weighted by molar-refractivity contribution is 0.0997. The molecule has 3 rings (SSSR count). The molecule has 1 atom stereocenters. The van der Waals surface area contributed by atoms with Gasteiger partial charge in [-0.25, -0.2) is 4.98 Å². The summed E-state index contributed by atoms with van der Waals surface area (Å²) < 4.78 is 7.66. The number of likely N-dealkylation sites (tertiary alicyclic amines) is 1. The number of aryl methyl sites for hydroxylation is 1. The fraction of sp³-hybridized carbons (Fsp3) is 0.556. The van der Waals surface area contributed by atoms with Gasteiger partial charge in [-0.05, 0) is 38.9 Å². The maximum atomic E-state index is 11.7. The second-order valence-corrected chi connectivity index (χ2v) is 6.98. The van der Waals surface area contributed by atoms with Gasteiger partial charge in [0.15, 0.2) is 5.75 Å². The van der Waals surface area contributed by atoms with Gasteiger partial charge in [-0.3, -0.25) is 4.79 Å². The quantitative estimate of drug-likeness (QED) is 0.904. The van der Waals surface area contributed by atoms with E-state index < -0.39 is 5.91 Å². The van der Waals surface area contributed by atoms with Gasteiger partial charge in [-0.15, -0.1) is 0 Å². The van der Waals surface area contributed by atoms with Gasteiger partial charge >= 0.3 is 0 Å². The first-order valence-electron chi connectivity index (χ1n) is 8.75. The van der Waals surface area contributed by atoms with Gasteiger partial charge in [-0.1, -0.05) is 24.9 Å². The van der Waals surface area contributed by atoms with E-state index in [4.69, 9.17) is 22.1 Å². The van der Waals surface area contributed by atoms with Crippen LogP contribution < -0.4 is 10.5 Å². The Hall–Kier alpha value is -1.79. The SMILES string of the molecule is CCN1CCCC[C@@H](n2c(C)nc3c(OC)c(C(N)=O)cc(Cl)c32)C1. The topological polar surface area (TPSA) is 73.4 Å². The molecular formula is C18H25ClN4O2. The average Bonchev–Trinajstić information content (AvgIpc) is 2.78. The number of nitrogens with zero attached hydrogens (tertiary/aromatic N) is 3. The Kier molecular flexibility index (Phi) is 5.20. The molecule has 2 heterocycles. The fourth-order valence-corrected chi connectivity index (χ4v) is 4.14. The van der Waals surface area contributed by atoms with Crippen LogP contribution in [0.4, 0.5) is 0 Å². The molecule has 136 valence electrons. The molecule has 7 heteroatoms. The van der Waals surface area contributed by atoms with Crippen molar-refractivity contribution in [3.05, 3.63) is 22.5 Å². The van der Waals surface area contributed by atoms with E-state index in [1.54, 1.807) is 6.07 Å². The molecule has 0 spiro atoms. The van der Waals surface area contributed by atoms with Crippen LogP contribution in [-0.2, 0) is 0 Å². The summed E-state index contributed by atoms with van der Waals surface area (Å²) in [6.45, 7) is 7.29. The van der Waals surface area contributed by atoms with Crippen LogP contribution in [0.25, 0.3) is 11.0 Å². The smallest absolute Gasteiger partial charge is 0.252 e. The molecule has 0 unspecified atom stereocenters. The van der Waals surface area contributed by atoms with Crippen molar-refractivity contribution in [1.82, 2.24) is 14.5 Å². The van der Waals surface area contributed by atoms with E-state index in [-0.39, 0.29) is 5.56 Å². The van der Waals surface area contributed by atoms with Crippen LogP contribution in [0.2, 0.25) is 5.02 Å². The van der Waals surface area contributed by atoms with Gasteiger partial charge in [0.05, 0.1) is 23.2 Å². The summed E-state index contributed by atoms with van der Waals surface area (Å²) in [5.74, 6) is 0.703. The standard InChI is InChI=1S/C18H25ClN4O2/c1-4-22-8-6-5-7-12(10-22)23-11(2)21-15-16(23)14(19)9-13(18(20)24)17(15)25-3/h9,12H,4-8,10H2,1-3H3,(H2,20,24)/t12-/m1/s1. The molecular weight excluding hydrogens is 340 g/mol.